The molecule has 1 aromatic carbocycles. The maximum Gasteiger partial charge on any atom is 0.193 e. The molecule has 1 aromatic rings. The minimum atomic E-state index is 0. The van der Waals surface area contributed by atoms with Crippen LogP contribution in [0.5, 0.6) is 0 Å². The first-order chi connectivity index (χ1) is 10.2. The Morgan fingerprint density at radius 2 is 1.77 bits per heavy atom. The lowest BCUT2D eigenvalue weighted by Gasteiger charge is -2.23. The van der Waals surface area contributed by atoms with Crippen molar-refractivity contribution >= 4 is 35.6 Å². The fourth-order valence-electron chi connectivity index (χ4n) is 2.21. The molecule has 1 rings (SSSR count). The van der Waals surface area contributed by atoms with Gasteiger partial charge in [0.25, 0.3) is 0 Å². The standard InChI is InChI=1S/C17H30N4.HI/c1-5-6-14-21(4)17(18-2)19-13-10-15-20(3)16-11-8-7-9-12-16;/h7-9,11-12H,5-6,10,13-15H2,1-4H3,(H,18,19);1H. The van der Waals surface area contributed by atoms with E-state index in [1.165, 1.54) is 18.5 Å². The summed E-state index contributed by atoms with van der Waals surface area (Å²) in [6.07, 6.45) is 3.50. The molecule has 0 heterocycles. The number of hydrogen-bond donors (Lipinski definition) is 1. The van der Waals surface area contributed by atoms with E-state index >= 15 is 0 Å². The SMILES string of the molecule is CCCCN(C)C(=NC)NCCCN(C)c1ccccc1.I. The van der Waals surface area contributed by atoms with Crippen LogP contribution in [0, 0.1) is 0 Å². The maximum atomic E-state index is 4.33. The molecule has 5 heteroatoms. The van der Waals surface area contributed by atoms with Gasteiger partial charge in [0.05, 0.1) is 0 Å². The molecule has 0 aliphatic rings. The van der Waals surface area contributed by atoms with Crippen LogP contribution in [-0.4, -0.2) is 51.6 Å². The molecule has 0 atom stereocenters. The van der Waals surface area contributed by atoms with Crippen molar-refractivity contribution in [3.63, 3.8) is 0 Å². The lowest BCUT2D eigenvalue weighted by atomic mass is 10.3. The number of hydrogen-bond acceptors (Lipinski definition) is 2. The van der Waals surface area contributed by atoms with Gasteiger partial charge in [-0.2, -0.15) is 0 Å². The topological polar surface area (TPSA) is 30.9 Å². The summed E-state index contributed by atoms with van der Waals surface area (Å²) in [5.41, 5.74) is 1.27. The predicted octanol–water partition coefficient (Wildman–Crippen LogP) is 3.44. The molecule has 0 bridgehead atoms. The lowest BCUT2D eigenvalue weighted by Crippen LogP contribution is -2.40. The highest BCUT2D eigenvalue weighted by Gasteiger charge is 2.04. The van der Waals surface area contributed by atoms with E-state index in [9.17, 15) is 0 Å². The zero-order valence-corrected chi connectivity index (χ0v) is 16.7. The molecule has 126 valence electrons. The number of benzene rings is 1. The second-order valence-corrected chi connectivity index (χ2v) is 5.36. The van der Waals surface area contributed by atoms with Gasteiger partial charge in [-0.15, -0.1) is 24.0 Å². The first-order valence-electron chi connectivity index (χ1n) is 7.87. The largest absolute Gasteiger partial charge is 0.375 e. The molecule has 1 N–H and O–H groups in total. The molecular formula is C17H31IN4. The van der Waals surface area contributed by atoms with Gasteiger partial charge in [0.2, 0.25) is 0 Å². The van der Waals surface area contributed by atoms with E-state index in [0.29, 0.717) is 0 Å². The monoisotopic (exact) mass is 418 g/mol. The third-order valence-electron chi connectivity index (χ3n) is 3.57. The van der Waals surface area contributed by atoms with Gasteiger partial charge >= 0.3 is 0 Å². The maximum absolute atomic E-state index is 4.33. The summed E-state index contributed by atoms with van der Waals surface area (Å²) in [7, 11) is 6.08. The Hall–Kier alpha value is -0.980. The minimum absolute atomic E-state index is 0. The van der Waals surface area contributed by atoms with Crippen LogP contribution in [0.4, 0.5) is 5.69 Å². The normalized spacial score (nSPS) is 10.8. The molecule has 0 unspecified atom stereocenters. The molecular weight excluding hydrogens is 387 g/mol. The number of nitrogens with zero attached hydrogens (tertiary/aromatic N) is 3. The Bertz CT molecular complexity index is 408. The van der Waals surface area contributed by atoms with Gasteiger partial charge in [0.1, 0.15) is 0 Å². The van der Waals surface area contributed by atoms with Crippen LogP contribution in [0.1, 0.15) is 26.2 Å². The second kappa shape index (κ2) is 12.6. The average molecular weight is 418 g/mol. The van der Waals surface area contributed by atoms with Crippen molar-refractivity contribution in [3.8, 4) is 0 Å². The van der Waals surface area contributed by atoms with Crippen molar-refractivity contribution in [1.82, 2.24) is 10.2 Å². The third-order valence-corrected chi connectivity index (χ3v) is 3.57. The third kappa shape index (κ3) is 7.87. The fourth-order valence-corrected chi connectivity index (χ4v) is 2.21. The quantitative estimate of drug-likeness (QED) is 0.304. The van der Waals surface area contributed by atoms with E-state index in [-0.39, 0.29) is 24.0 Å². The Labute approximate surface area is 153 Å². The Balaban J connectivity index is 0.00000441. The van der Waals surface area contributed by atoms with Crippen LogP contribution in [0.2, 0.25) is 0 Å². The molecule has 0 amide bonds. The minimum Gasteiger partial charge on any atom is -0.375 e. The number of rotatable bonds is 8. The van der Waals surface area contributed by atoms with Crippen molar-refractivity contribution in [2.24, 2.45) is 4.99 Å². The predicted molar refractivity (Wildman–Crippen MR) is 109 cm³/mol. The van der Waals surface area contributed by atoms with Gasteiger partial charge in [-0.1, -0.05) is 31.5 Å². The van der Waals surface area contributed by atoms with Gasteiger partial charge in [-0.25, -0.2) is 0 Å². The van der Waals surface area contributed by atoms with E-state index in [1.807, 2.05) is 7.05 Å². The first-order valence-corrected chi connectivity index (χ1v) is 7.87. The highest BCUT2D eigenvalue weighted by atomic mass is 127. The smallest absolute Gasteiger partial charge is 0.193 e. The van der Waals surface area contributed by atoms with Crippen molar-refractivity contribution in [2.45, 2.75) is 26.2 Å². The van der Waals surface area contributed by atoms with Crippen LogP contribution in [0.25, 0.3) is 0 Å². The number of nitrogens with one attached hydrogen (secondary N) is 1. The van der Waals surface area contributed by atoms with Crippen LogP contribution in [-0.2, 0) is 0 Å². The summed E-state index contributed by atoms with van der Waals surface area (Å²) in [4.78, 5) is 8.82. The van der Waals surface area contributed by atoms with Gasteiger partial charge in [-0.3, -0.25) is 4.99 Å². The number of anilines is 1. The average Bonchev–Trinajstić information content (AvgIpc) is 2.53. The summed E-state index contributed by atoms with van der Waals surface area (Å²) in [6, 6.07) is 10.5. The lowest BCUT2D eigenvalue weighted by molar-refractivity contribution is 0.464. The number of halogens is 1. The Morgan fingerprint density at radius 1 is 1.09 bits per heavy atom. The highest BCUT2D eigenvalue weighted by molar-refractivity contribution is 14.0. The molecule has 0 fully saturated rings. The molecule has 0 saturated carbocycles. The van der Waals surface area contributed by atoms with E-state index in [2.05, 4.69) is 71.5 Å². The number of para-hydroxylation sites is 1. The number of aliphatic imine (C=N–C) groups is 1. The molecule has 0 saturated heterocycles. The molecule has 0 spiro atoms. The van der Waals surface area contributed by atoms with Crippen LogP contribution < -0.4 is 10.2 Å². The summed E-state index contributed by atoms with van der Waals surface area (Å²) >= 11 is 0. The summed E-state index contributed by atoms with van der Waals surface area (Å²) in [5.74, 6) is 0.991. The van der Waals surface area contributed by atoms with E-state index in [0.717, 1.165) is 32.0 Å². The second-order valence-electron chi connectivity index (χ2n) is 5.36. The summed E-state index contributed by atoms with van der Waals surface area (Å²) in [5, 5.41) is 3.43. The van der Waals surface area contributed by atoms with Crippen molar-refractivity contribution in [3.05, 3.63) is 30.3 Å². The van der Waals surface area contributed by atoms with Crippen LogP contribution in [0.15, 0.2) is 35.3 Å². The van der Waals surface area contributed by atoms with E-state index in [1.54, 1.807) is 0 Å². The van der Waals surface area contributed by atoms with Crippen LogP contribution >= 0.6 is 24.0 Å². The first kappa shape index (κ1) is 21.0. The summed E-state index contributed by atoms with van der Waals surface area (Å²) in [6.45, 7) is 5.25. The van der Waals surface area contributed by atoms with Crippen LogP contribution in [0.3, 0.4) is 0 Å². The number of unbranched alkanes of at least 4 members (excludes halogenated alkanes) is 1. The fraction of sp³-hybridized carbons (Fsp3) is 0.588. The van der Waals surface area contributed by atoms with Crippen molar-refractivity contribution in [2.75, 3.05) is 45.7 Å². The van der Waals surface area contributed by atoms with Crippen molar-refractivity contribution in [1.29, 1.82) is 0 Å². The summed E-state index contributed by atoms with van der Waals surface area (Å²) < 4.78 is 0. The Kier molecular flexibility index (Phi) is 12.0. The van der Waals surface area contributed by atoms with E-state index in [4.69, 9.17) is 0 Å². The van der Waals surface area contributed by atoms with Gasteiger partial charge in [0.15, 0.2) is 5.96 Å². The molecule has 22 heavy (non-hydrogen) atoms. The van der Waals surface area contributed by atoms with Gasteiger partial charge in [-0.05, 0) is 25.0 Å². The molecule has 0 radical (unpaired) electrons. The zero-order chi connectivity index (χ0) is 15.5. The van der Waals surface area contributed by atoms with Crippen molar-refractivity contribution < 1.29 is 0 Å². The highest BCUT2D eigenvalue weighted by Crippen LogP contribution is 2.10. The van der Waals surface area contributed by atoms with E-state index < -0.39 is 0 Å². The number of guanidine groups is 1. The molecule has 4 nitrogen and oxygen atoms in total. The molecule has 0 aromatic heterocycles. The van der Waals surface area contributed by atoms with Gasteiger partial charge < -0.3 is 15.1 Å². The Morgan fingerprint density at radius 3 is 2.36 bits per heavy atom. The zero-order valence-electron chi connectivity index (χ0n) is 14.4. The molecule has 0 aliphatic heterocycles. The van der Waals surface area contributed by atoms with Gasteiger partial charge in [0, 0.05) is 46.5 Å². The molecule has 0 aliphatic carbocycles.